The van der Waals surface area contributed by atoms with Crippen LogP contribution in [0, 0.1) is 20.8 Å². The van der Waals surface area contributed by atoms with Crippen molar-refractivity contribution in [1.29, 1.82) is 0 Å². The molecule has 0 aliphatic rings. The minimum absolute atomic E-state index is 0.598. The van der Waals surface area contributed by atoms with E-state index in [0.717, 1.165) is 23.1 Å². The molecule has 0 bridgehead atoms. The predicted octanol–water partition coefficient (Wildman–Crippen LogP) is 1.02. The molecule has 2 aromatic rings. The number of aryl methyl sites for hydroxylation is 3. The first-order valence-electron chi connectivity index (χ1n) is 5.56. The van der Waals surface area contributed by atoms with Crippen LogP contribution >= 0.6 is 0 Å². The summed E-state index contributed by atoms with van der Waals surface area (Å²) in [5.41, 5.74) is 0.941. The highest BCUT2D eigenvalue weighted by Gasteiger charge is 2.07. The van der Waals surface area contributed by atoms with Crippen LogP contribution in [0.2, 0.25) is 0 Å². The first kappa shape index (κ1) is 11.8. The summed E-state index contributed by atoms with van der Waals surface area (Å²) in [5.74, 6) is 3.39. The lowest BCUT2D eigenvalue weighted by molar-refractivity contribution is 0.445. The van der Waals surface area contributed by atoms with Gasteiger partial charge in [-0.05, 0) is 20.8 Å². The van der Waals surface area contributed by atoms with Crippen LogP contribution in [0.15, 0.2) is 4.42 Å². The van der Waals surface area contributed by atoms with Crippen molar-refractivity contribution in [3.63, 3.8) is 0 Å². The molecule has 92 valence electrons. The van der Waals surface area contributed by atoms with Gasteiger partial charge in [0.1, 0.15) is 17.4 Å². The Hall–Kier alpha value is -1.69. The van der Waals surface area contributed by atoms with Gasteiger partial charge in [-0.3, -0.25) is 0 Å². The number of rotatable bonds is 4. The van der Waals surface area contributed by atoms with E-state index in [0.29, 0.717) is 19.0 Å². The minimum Gasteiger partial charge on any atom is -0.444 e. The molecule has 0 amide bonds. The van der Waals surface area contributed by atoms with Crippen LogP contribution in [0.3, 0.4) is 0 Å². The van der Waals surface area contributed by atoms with Crippen molar-refractivity contribution >= 4 is 0 Å². The smallest absolute Gasteiger partial charge is 0.208 e. The second-order valence-electron chi connectivity index (χ2n) is 4.08. The Morgan fingerprint density at radius 2 is 1.94 bits per heavy atom. The largest absolute Gasteiger partial charge is 0.444 e. The Morgan fingerprint density at radius 1 is 1.18 bits per heavy atom. The van der Waals surface area contributed by atoms with Crippen LogP contribution in [-0.2, 0) is 20.1 Å². The van der Waals surface area contributed by atoms with Gasteiger partial charge in [0.25, 0.3) is 0 Å². The minimum atomic E-state index is 0.598. The Balaban J connectivity index is 1.89. The van der Waals surface area contributed by atoms with E-state index in [1.165, 1.54) is 0 Å². The Labute approximate surface area is 100 Å². The van der Waals surface area contributed by atoms with Gasteiger partial charge in [-0.1, -0.05) is 0 Å². The molecule has 0 fully saturated rings. The average molecular weight is 235 g/mol. The Morgan fingerprint density at radius 3 is 2.47 bits per heavy atom. The third kappa shape index (κ3) is 2.52. The van der Waals surface area contributed by atoms with Gasteiger partial charge >= 0.3 is 0 Å². The topological polar surface area (TPSA) is 68.8 Å². The van der Waals surface area contributed by atoms with Crippen LogP contribution in [-0.4, -0.2) is 19.7 Å². The second-order valence-corrected chi connectivity index (χ2v) is 4.08. The van der Waals surface area contributed by atoms with Crippen LogP contribution in [0.25, 0.3) is 0 Å². The van der Waals surface area contributed by atoms with Crippen molar-refractivity contribution in [2.45, 2.75) is 33.9 Å². The molecule has 0 radical (unpaired) electrons. The molecule has 0 spiro atoms. The van der Waals surface area contributed by atoms with E-state index < -0.39 is 0 Å². The van der Waals surface area contributed by atoms with E-state index in [4.69, 9.17) is 4.42 Å². The molecule has 6 nitrogen and oxygen atoms in total. The molecule has 0 saturated carbocycles. The van der Waals surface area contributed by atoms with Gasteiger partial charge in [-0.25, -0.2) is 4.98 Å². The molecule has 0 aliphatic heterocycles. The molecule has 0 saturated heterocycles. The lowest BCUT2D eigenvalue weighted by Crippen LogP contribution is -2.16. The van der Waals surface area contributed by atoms with E-state index >= 15 is 0 Å². The molecule has 0 unspecified atom stereocenters. The second kappa shape index (κ2) is 4.67. The van der Waals surface area contributed by atoms with Gasteiger partial charge in [0.15, 0.2) is 0 Å². The monoisotopic (exact) mass is 235 g/mol. The fraction of sp³-hybridized carbons (Fsp3) is 0.545. The summed E-state index contributed by atoms with van der Waals surface area (Å²) in [6, 6.07) is 0. The highest BCUT2D eigenvalue weighted by atomic mass is 16.4. The van der Waals surface area contributed by atoms with E-state index in [1.807, 2.05) is 32.4 Å². The van der Waals surface area contributed by atoms with E-state index in [-0.39, 0.29) is 0 Å². The molecule has 2 heterocycles. The van der Waals surface area contributed by atoms with Crippen molar-refractivity contribution < 1.29 is 4.42 Å². The standard InChI is InChI=1S/C11H17N5O/c1-7-8(2)17-11(13-7)6-12-5-10-15-14-9(3)16(10)4/h12H,5-6H2,1-4H3. The number of hydrogen-bond donors (Lipinski definition) is 1. The fourth-order valence-corrected chi connectivity index (χ4v) is 1.50. The van der Waals surface area contributed by atoms with Gasteiger partial charge in [0, 0.05) is 7.05 Å². The van der Waals surface area contributed by atoms with Crippen molar-refractivity contribution in [2.75, 3.05) is 0 Å². The third-order valence-electron chi connectivity index (χ3n) is 2.81. The van der Waals surface area contributed by atoms with Crippen LogP contribution in [0.1, 0.15) is 29.0 Å². The van der Waals surface area contributed by atoms with E-state index in [9.17, 15) is 0 Å². The molecule has 1 N–H and O–H groups in total. The molecule has 0 aromatic carbocycles. The normalized spacial score (nSPS) is 11.1. The van der Waals surface area contributed by atoms with Gasteiger partial charge in [0.05, 0.1) is 18.8 Å². The molecular formula is C11H17N5O. The van der Waals surface area contributed by atoms with Crippen LogP contribution in [0.4, 0.5) is 0 Å². The first-order valence-corrected chi connectivity index (χ1v) is 5.56. The molecule has 0 aliphatic carbocycles. The third-order valence-corrected chi connectivity index (χ3v) is 2.81. The summed E-state index contributed by atoms with van der Waals surface area (Å²) >= 11 is 0. The number of nitrogens with zero attached hydrogens (tertiary/aromatic N) is 4. The van der Waals surface area contributed by atoms with E-state index in [1.54, 1.807) is 0 Å². The maximum Gasteiger partial charge on any atom is 0.208 e. The summed E-state index contributed by atoms with van der Waals surface area (Å²) in [7, 11) is 1.95. The van der Waals surface area contributed by atoms with Gasteiger partial charge in [-0.15, -0.1) is 10.2 Å². The molecule has 0 atom stereocenters. The van der Waals surface area contributed by atoms with E-state index in [2.05, 4.69) is 20.5 Å². The van der Waals surface area contributed by atoms with Crippen LogP contribution < -0.4 is 5.32 Å². The van der Waals surface area contributed by atoms with Crippen LogP contribution in [0.5, 0.6) is 0 Å². The molecule has 2 aromatic heterocycles. The summed E-state index contributed by atoms with van der Waals surface area (Å²) in [6.07, 6.45) is 0. The molecule has 2 rings (SSSR count). The zero-order valence-corrected chi connectivity index (χ0v) is 10.6. The van der Waals surface area contributed by atoms with Crippen molar-refractivity contribution in [1.82, 2.24) is 25.1 Å². The highest BCUT2D eigenvalue weighted by molar-refractivity contribution is 5.05. The van der Waals surface area contributed by atoms with Crippen molar-refractivity contribution in [3.05, 3.63) is 29.0 Å². The molecular weight excluding hydrogens is 218 g/mol. The number of hydrogen-bond acceptors (Lipinski definition) is 5. The van der Waals surface area contributed by atoms with Gasteiger partial charge in [0.2, 0.25) is 5.89 Å². The summed E-state index contributed by atoms with van der Waals surface area (Å²) in [6.45, 7) is 7.03. The van der Waals surface area contributed by atoms with Crippen molar-refractivity contribution in [2.24, 2.45) is 7.05 Å². The highest BCUT2D eigenvalue weighted by Crippen LogP contribution is 2.07. The fourth-order valence-electron chi connectivity index (χ4n) is 1.50. The maximum atomic E-state index is 5.47. The summed E-state index contributed by atoms with van der Waals surface area (Å²) in [5, 5.41) is 11.3. The Bertz CT molecular complexity index is 494. The SMILES string of the molecule is Cc1nc(CNCc2nnc(C)n2C)oc1C. The summed E-state index contributed by atoms with van der Waals surface area (Å²) < 4.78 is 7.43. The maximum absolute atomic E-state index is 5.47. The van der Waals surface area contributed by atoms with Gasteiger partial charge < -0.3 is 14.3 Å². The lowest BCUT2D eigenvalue weighted by Gasteiger charge is -2.02. The number of oxazole rings is 1. The zero-order chi connectivity index (χ0) is 12.4. The first-order chi connectivity index (χ1) is 8.08. The van der Waals surface area contributed by atoms with Crippen molar-refractivity contribution in [3.8, 4) is 0 Å². The number of nitrogens with one attached hydrogen (secondary N) is 1. The predicted molar refractivity (Wildman–Crippen MR) is 62.3 cm³/mol. The summed E-state index contributed by atoms with van der Waals surface area (Å²) in [4.78, 5) is 4.30. The average Bonchev–Trinajstić information content (AvgIpc) is 2.76. The quantitative estimate of drug-likeness (QED) is 0.856. The Kier molecular flexibility index (Phi) is 3.23. The number of aromatic nitrogens is 4. The lowest BCUT2D eigenvalue weighted by atomic mass is 10.4. The van der Waals surface area contributed by atoms with Gasteiger partial charge in [-0.2, -0.15) is 0 Å². The molecule has 17 heavy (non-hydrogen) atoms. The molecule has 6 heteroatoms. The zero-order valence-electron chi connectivity index (χ0n) is 10.6.